The Morgan fingerprint density at radius 1 is 1.39 bits per heavy atom. The van der Waals surface area contributed by atoms with Crippen LogP contribution < -0.4 is 5.32 Å². The molecule has 1 aliphatic rings. The highest BCUT2D eigenvalue weighted by Crippen LogP contribution is 2.37. The fraction of sp³-hybridized carbons (Fsp3) is 0.357. The largest absolute Gasteiger partial charge is 0.301 e. The lowest BCUT2D eigenvalue weighted by Gasteiger charge is -2.28. The standard InChI is InChI=1S/C14H16N2S2/c1-10(14-15-7-9-18-14)16-12-6-8-17-13-5-3-2-4-11(12)13/h2-5,7,9-10,12,16H,6,8H2,1H3. The quantitative estimate of drug-likeness (QED) is 0.916. The van der Waals surface area contributed by atoms with Crippen LogP contribution in [0.4, 0.5) is 0 Å². The van der Waals surface area contributed by atoms with Crippen LogP contribution in [0.5, 0.6) is 0 Å². The molecule has 18 heavy (non-hydrogen) atoms. The van der Waals surface area contributed by atoms with Gasteiger partial charge in [-0.25, -0.2) is 4.98 Å². The van der Waals surface area contributed by atoms with Crippen molar-refractivity contribution in [3.05, 3.63) is 46.4 Å². The lowest BCUT2D eigenvalue weighted by Crippen LogP contribution is -2.27. The lowest BCUT2D eigenvalue weighted by molar-refractivity contribution is 0.449. The highest BCUT2D eigenvalue weighted by molar-refractivity contribution is 7.99. The summed E-state index contributed by atoms with van der Waals surface area (Å²) in [7, 11) is 0. The van der Waals surface area contributed by atoms with Gasteiger partial charge in [0, 0.05) is 22.5 Å². The van der Waals surface area contributed by atoms with Gasteiger partial charge < -0.3 is 5.32 Å². The molecular weight excluding hydrogens is 260 g/mol. The molecule has 3 rings (SSSR count). The van der Waals surface area contributed by atoms with Crippen molar-refractivity contribution >= 4 is 23.1 Å². The van der Waals surface area contributed by atoms with E-state index >= 15 is 0 Å². The van der Waals surface area contributed by atoms with Crippen molar-refractivity contribution in [1.82, 2.24) is 10.3 Å². The molecule has 2 aromatic rings. The molecule has 0 spiro atoms. The molecule has 0 bridgehead atoms. The van der Waals surface area contributed by atoms with E-state index in [-0.39, 0.29) is 0 Å². The van der Waals surface area contributed by atoms with Gasteiger partial charge in [0.2, 0.25) is 0 Å². The number of thioether (sulfide) groups is 1. The number of thiazole rings is 1. The molecule has 0 radical (unpaired) electrons. The minimum absolute atomic E-state index is 0.325. The minimum Gasteiger partial charge on any atom is -0.301 e. The van der Waals surface area contributed by atoms with E-state index in [0.29, 0.717) is 12.1 Å². The van der Waals surface area contributed by atoms with Crippen LogP contribution in [0.2, 0.25) is 0 Å². The average Bonchev–Trinajstić information content (AvgIpc) is 2.93. The van der Waals surface area contributed by atoms with Gasteiger partial charge in [-0.15, -0.1) is 23.1 Å². The van der Waals surface area contributed by atoms with E-state index in [1.54, 1.807) is 11.3 Å². The predicted octanol–water partition coefficient (Wildman–Crippen LogP) is 4.03. The van der Waals surface area contributed by atoms with E-state index in [2.05, 4.69) is 41.5 Å². The summed E-state index contributed by atoms with van der Waals surface area (Å²) in [4.78, 5) is 5.81. The van der Waals surface area contributed by atoms with Gasteiger partial charge in [-0.1, -0.05) is 18.2 Å². The van der Waals surface area contributed by atoms with Crippen LogP contribution in [-0.2, 0) is 0 Å². The molecular formula is C14H16N2S2. The van der Waals surface area contributed by atoms with Crippen molar-refractivity contribution < 1.29 is 0 Å². The van der Waals surface area contributed by atoms with Crippen LogP contribution in [0.25, 0.3) is 0 Å². The SMILES string of the molecule is CC(NC1CCSc2ccccc21)c1nccs1. The number of rotatable bonds is 3. The van der Waals surface area contributed by atoms with E-state index in [1.807, 2.05) is 23.3 Å². The zero-order chi connectivity index (χ0) is 12.4. The van der Waals surface area contributed by atoms with E-state index in [0.717, 1.165) is 0 Å². The number of benzene rings is 1. The van der Waals surface area contributed by atoms with E-state index < -0.39 is 0 Å². The molecule has 0 amide bonds. The molecule has 2 unspecified atom stereocenters. The highest BCUT2D eigenvalue weighted by atomic mass is 32.2. The van der Waals surface area contributed by atoms with Crippen LogP contribution in [0.15, 0.2) is 40.7 Å². The summed E-state index contributed by atoms with van der Waals surface area (Å²) in [5, 5.41) is 6.92. The minimum atomic E-state index is 0.325. The van der Waals surface area contributed by atoms with Gasteiger partial charge in [-0.2, -0.15) is 0 Å². The topological polar surface area (TPSA) is 24.9 Å². The third-order valence-corrected chi connectivity index (χ3v) is 5.31. The van der Waals surface area contributed by atoms with Crippen LogP contribution in [-0.4, -0.2) is 10.7 Å². The Kier molecular flexibility index (Phi) is 3.68. The summed E-state index contributed by atoms with van der Waals surface area (Å²) >= 11 is 3.69. The molecule has 0 saturated heterocycles. The van der Waals surface area contributed by atoms with Gasteiger partial charge in [0.05, 0.1) is 6.04 Å². The molecule has 0 saturated carbocycles. The average molecular weight is 276 g/mol. The molecule has 0 fully saturated rings. The van der Waals surface area contributed by atoms with Crippen LogP contribution >= 0.6 is 23.1 Å². The third kappa shape index (κ3) is 2.46. The van der Waals surface area contributed by atoms with Crippen molar-refractivity contribution in [1.29, 1.82) is 0 Å². The van der Waals surface area contributed by atoms with Gasteiger partial charge in [-0.3, -0.25) is 0 Å². The van der Waals surface area contributed by atoms with E-state index in [4.69, 9.17) is 0 Å². The predicted molar refractivity (Wildman–Crippen MR) is 78.2 cm³/mol. The number of nitrogens with zero attached hydrogens (tertiary/aromatic N) is 1. The summed E-state index contributed by atoms with van der Waals surface area (Å²) in [5.74, 6) is 1.19. The molecule has 1 N–H and O–H groups in total. The lowest BCUT2D eigenvalue weighted by atomic mass is 10.0. The van der Waals surface area contributed by atoms with Crippen molar-refractivity contribution in [3.8, 4) is 0 Å². The Labute approximate surface area is 116 Å². The number of aromatic nitrogens is 1. The zero-order valence-corrected chi connectivity index (χ0v) is 11.9. The first kappa shape index (κ1) is 12.2. The summed E-state index contributed by atoms with van der Waals surface area (Å²) in [5.41, 5.74) is 1.44. The van der Waals surface area contributed by atoms with E-state index in [9.17, 15) is 0 Å². The van der Waals surface area contributed by atoms with Gasteiger partial charge in [0.1, 0.15) is 5.01 Å². The molecule has 1 aliphatic heterocycles. The van der Waals surface area contributed by atoms with E-state index in [1.165, 1.54) is 27.6 Å². The normalized spacial score (nSPS) is 20.4. The highest BCUT2D eigenvalue weighted by Gasteiger charge is 2.22. The summed E-state index contributed by atoms with van der Waals surface area (Å²) in [6.45, 7) is 2.20. The molecule has 4 heteroatoms. The molecule has 0 aliphatic carbocycles. The van der Waals surface area contributed by atoms with Gasteiger partial charge in [0.25, 0.3) is 0 Å². The van der Waals surface area contributed by atoms with Gasteiger partial charge in [-0.05, 0) is 30.7 Å². The molecule has 1 aromatic carbocycles. The van der Waals surface area contributed by atoms with Crippen molar-refractivity contribution in [2.24, 2.45) is 0 Å². The second-order valence-electron chi connectivity index (χ2n) is 4.49. The summed E-state index contributed by atoms with van der Waals surface area (Å²) in [6, 6.07) is 9.51. The molecule has 2 nitrogen and oxygen atoms in total. The Morgan fingerprint density at radius 2 is 2.28 bits per heavy atom. The maximum Gasteiger partial charge on any atom is 0.109 e. The first-order valence-electron chi connectivity index (χ1n) is 6.22. The number of hydrogen-bond acceptors (Lipinski definition) is 4. The maximum absolute atomic E-state index is 4.39. The fourth-order valence-corrected chi connectivity index (χ4v) is 4.12. The molecule has 1 aromatic heterocycles. The second kappa shape index (κ2) is 5.43. The monoisotopic (exact) mass is 276 g/mol. The van der Waals surface area contributed by atoms with Gasteiger partial charge >= 0.3 is 0 Å². The Bertz CT molecular complexity index is 510. The number of nitrogens with one attached hydrogen (secondary N) is 1. The van der Waals surface area contributed by atoms with Crippen molar-refractivity contribution in [2.75, 3.05) is 5.75 Å². The zero-order valence-electron chi connectivity index (χ0n) is 10.3. The van der Waals surface area contributed by atoms with Crippen LogP contribution in [0.3, 0.4) is 0 Å². The van der Waals surface area contributed by atoms with Crippen molar-refractivity contribution in [2.45, 2.75) is 30.3 Å². The van der Waals surface area contributed by atoms with Crippen LogP contribution in [0.1, 0.15) is 36.0 Å². The number of hydrogen-bond donors (Lipinski definition) is 1. The fourth-order valence-electron chi connectivity index (χ4n) is 2.34. The number of fused-ring (bicyclic) bond motifs is 1. The smallest absolute Gasteiger partial charge is 0.109 e. The van der Waals surface area contributed by atoms with Crippen LogP contribution in [0, 0.1) is 0 Å². The maximum atomic E-state index is 4.39. The van der Waals surface area contributed by atoms with Crippen molar-refractivity contribution in [3.63, 3.8) is 0 Å². The molecule has 2 heterocycles. The third-order valence-electron chi connectivity index (χ3n) is 3.23. The summed E-state index contributed by atoms with van der Waals surface area (Å²) < 4.78 is 0. The molecule has 94 valence electrons. The first-order valence-corrected chi connectivity index (χ1v) is 8.08. The second-order valence-corrected chi connectivity index (χ2v) is 6.55. The first-order chi connectivity index (χ1) is 8.84. The Morgan fingerprint density at radius 3 is 3.11 bits per heavy atom. The summed E-state index contributed by atoms with van der Waals surface area (Å²) in [6.07, 6.45) is 3.07. The molecule has 2 atom stereocenters. The Balaban J connectivity index is 1.78. The Hall–Kier alpha value is -0.840. The van der Waals surface area contributed by atoms with Gasteiger partial charge in [0.15, 0.2) is 0 Å².